The number of hydrogen-bond donors (Lipinski definition) is 0. The molecule has 0 saturated heterocycles. The van der Waals surface area contributed by atoms with Crippen molar-refractivity contribution >= 4 is 32.7 Å². The normalized spacial score (nSPS) is 11.1. The van der Waals surface area contributed by atoms with Gasteiger partial charge in [0.1, 0.15) is 0 Å². The van der Waals surface area contributed by atoms with Crippen LogP contribution >= 0.6 is 0 Å². The second-order valence-corrected chi connectivity index (χ2v) is 7.68. The van der Waals surface area contributed by atoms with Crippen molar-refractivity contribution in [2.75, 3.05) is 0 Å². The van der Waals surface area contributed by atoms with Gasteiger partial charge in [-0.3, -0.25) is 0 Å². The molecule has 0 unspecified atom stereocenters. The minimum absolute atomic E-state index is 0.461. The highest BCUT2D eigenvalue weighted by Gasteiger charge is 2.15. The minimum atomic E-state index is 0.461. The molecule has 0 spiro atoms. The average molecular weight is 409 g/mol. The molecule has 0 bridgehead atoms. The van der Waals surface area contributed by atoms with E-state index < -0.39 is 0 Å². The van der Waals surface area contributed by atoms with E-state index >= 15 is 0 Å². The topological polar surface area (TPSA) is 70.3 Å². The van der Waals surface area contributed by atoms with Crippen LogP contribution in [0.15, 0.2) is 91.1 Å². The average Bonchev–Trinajstić information content (AvgIpc) is 3.41. The highest BCUT2D eigenvalue weighted by molar-refractivity contribution is 6.13. The number of aromatic nitrogens is 3. The summed E-state index contributed by atoms with van der Waals surface area (Å²) in [5, 5.41) is 26.9. The Morgan fingerprint density at radius 1 is 0.656 bits per heavy atom. The zero-order valence-corrected chi connectivity index (χ0v) is 16.9. The first kappa shape index (κ1) is 17.9. The molecule has 0 fully saturated rings. The SMILES string of the molecule is N#Cc1cc(C#N)cc(-n2c3ccccc3c3cc4nn(-c5ccccc5)cc4cc32)c1. The molecule has 0 saturated carbocycles. The van der Waals surface area contributed by atoms with E-state index in [1.54, 1.807) is 6.07 Å². The van der Waals surface area contributed by atoms with Crippen LogP contribution in [0.5, 0.6) is 0 Å². The molecule has 0 aliphatic rings. The van der Waals surface area contributed by atoms with Crippen LogP contribution in [-0.2, 0) is 0 Å². The molecule has 148 valence electrons. The zero-order chi connectivity index (χ0) is 21.7. The Labute approximate surface area is 183 Å². The first-order chi connectivity index (χ1) is 15.7. The number of nitriles is 2. The Bertz CT molecular complexity index is 1710. The van der Waals surface area contributed by atoms with Crippen molar-refractivity contribution in [3.05, 3.63) is 102 Å². The molecule has 0 atom stereocenters. The monoisotopic (exact) mass is 409 g/mol. The summed E-state index contributed by atoms with van der Waals surface area (Å²) in [5.41, 5.74) is 5.65. The van der Waals surface area contributed by atoms with Gasteiger partial charge in [-0.2, -0.15) is 15.6 Å². The Morgan fingerprint density at radius 3 is 2.12 bits per heavy atom. The third-order valence-electron chi connectivity index (χ3n) is 5.75. The molecule has 0 aliphatic heterocycles. The van der Waals surface area contributed by atoms with Crippen molar-refractivity contribution in [3.63, 3.8) is 0 Å². The van der Waals surface area contributed by atoms with Crippen molar-refractivity contribution in [1.29, 1.82) is 10.5 Å². The zero-order valence-electron chi connectivity index (χ0n) is 16.9. The van der Waals surface area contributed by atoms with Crippen LogP contribution in [0.4, 0.5) is 0 Å². The standard InChI is InChI=1S/C27H15N5/c28-15-18-10-19(16-29)12-22(11-18)32-26-9-5-4-8-23(26)24-14-25-20(13-27(24)32)17-31(30-25)21-6-2-1-3-7-21/h1-14,17H. The van der Waals surface area contributed by atoms with Gasteiger partial charge in [-0.05, 0) is 48.5 Å². The fourth-order valence-electron chi connectivity index (χ4n) is 4.35. The third kappa shape index (κ3) is 2.66. The molecule has 2 heterocycles. The molecular formula is C27H15N5. The lowest BCUT2D eigenvalue weighted by Gasteiger charge is -2.09. The highest BCUT2D eigenvalue weighted by Crippen LogP contribution is 2.35. The first-order valence-electron chi connectivity index (χ1n) is 10.2. The van der Waals surface area contributed by atoms with Crippen molar-refractivity contribution in [2.45, 2.75) is 0 Å². The summed E-state index contributed by atoms with van der Waals surface area (Å²) in [5.74, 6) is 0. The second-order valence-electron chi connectivity index (χ2n) is 7.68. The van der Waals surface area contributed by atoms with Gasteiger partial charge in [0.15, 0.2) is 0 Å². The van der Waals surface area contributed by atoms with E-state index in [1.807, 2.05) is 65.5 Å². The summed E-state index contributed by atoms with van der Waals surface area (Å²) in [6, 6.07) is 32.0. The molecule has 6 rings (SSSR count). The summed E-state index contributed by atoms with van der Waals surface area (Å²) in [6.07, 6.45) is 2.03. The molecule has 4 aromatic carbocycles. The predicted molar refractivity (Wildman–Crippen MR) is 125 cm³/mol. The number of benzene rings is 4. The van der Waals surface area contributed by atoms with E-state index in [9.17, 15) is 10.5 Å². The van der Waals surface area contributed by atoms with E-state index in [0.29, 0.717) is 11.1 Å². The molecule has 2 aromatic heterocycles. The van der Waals surface area contributed by atoms with Gasteiger partial charge < -0.3 is 4.57 Å². The maximum atomic E-state index is 9.48. The summed E-state index contributed by atoms with van der Waals surface area (Å²) in [4.78, 5) is 0. The quantitative estimate of drug-likeness (QED) is 0.359. The molecule has 6 aromatic rings. The van der Waals surface area contributed by atoms with Crippen molar-refractivity contribution in [3.8, 4) is 23.5 Å². The lowest BCUT2D eigenvalue weighted by molar-refractivity contribution is 0.897. The van der Waals surface area contributed by atoms with Crippen LogP contribution in [-0.4, -0.2) is 14.3 Å². The van der Waals surface area contributed by atoms with Crippen LogP contribution in [0.1, 0.15) is 11.1 Å². The number of nitrogens with zero attached hydrogens (tertiary/aromatic N) is 5. The van der Waals surface area contributed by atoms with Crippen LogP contribution < -0.4 is 0 Å². The van der Waals surface area contributed by atoms with E-state index in [-0.39, 0.29) is 0 Å². The number of fused-ring (bicyclic) bond motifs is 4. The lowest BCUT2D eigenvalue weighted by atomic mass is 10.1. The van der Waals surface area contributed by atoms with Gasteiger partial charge >= 0.3 is 0 Å². The van der Waals surface area contributed by atoms with Crippen molar-refractivity contribution in [1.82, 2.24) is 14.3 Å². The molecule has 32 heavy (non-hydrogen) atoms. The van der Waals surface area contributed by atoms with Gasteiger partial charge in [0.2, 0.25) is 0 Å². The van der Waals surface area contributed by atoms with Gasteiger partial charge in [0.25, 0.3) is 0 Å². The van der Waals surface area contributed by atoms with E-state index in [4.69, 9.17) is 5.10 Å². The van der Waals surface area contributed by atoms with E-state index in [1.165, 1.54) is 0 Å². The summed E-state index contributed by atoms with van der Waals surface area (Å²) >= 11 is 0. The van der Waals surface area contributed by atoms with E-state index in [2.05, 4.69) is 41.0 Å². The molecular weight excluding hydrogens is 394 g/mol. The van der Waals surface area contributed by atoms with Gasteiger partial charge in [-0.1, -0.05) is 36.4 Å². The van der Waals surface area contributed by atoms with Crippen molar-refractivity contribution < 1.29 is 0 Å². The van der Waals surface area contributed by atoms with E-state index in [0.717, 1.165) is 44.1 Å². The van der Waals surface area contributed by atoms with Crippen LogP contribution in [0.25, 0.3) is 44.1 Å². The number of rotatable bonds is 2. The Balaban J connectivity index is 1.69. The summed E-state index contributed by atoms with van der Waals surface area (Å²) < 4.78 is 4.01. The van der Waals surface area contributed by atoms with Gasteiger partial charge in [-0.15, -0.1) is 0 Å². The lowest BCUT2D eigenvalue weighted by Crippen LogP contribution is -1.96. The van der Waals surface area contributed by atoms with Gasteiger partial charge in [0.05, 0.1) is 45.5 Å². The largest absolute Gasteiger partial charge is 0.309 e. The van der Waals surface area contributed by atoms with Gasteiger partial charge in [0, 0.05) is 28.0 Å². The smallest absolute Gasteiger partial charge is 0.0992 e. The summed E-state index contributed by atoms with van der Waals surface area (Å²) in [6.45, 7) is 0. The van der Waals surface area contributed by atoms with Crippen LogP contribution in [0.3, 0.4) is 0 Å². The second kappa shape index (κ2) is 6.84. The fourth-order valence-corrected chi connectivity index (χ4v) is 4.35. The summed E-state index contributed by atoms with van der Waals surface area (Å²) in [7, 11) is 0. The maximum Gasteiger partial charge on any atom is 0.0992 e. The fraction of sp³-hybridized carbons (Fsp3) is 0. The molecule has 5 heteroatoms. The molecule has 0 N–H and O–H groups in total. The Morgan fingerprint density at radius 2 is 1.38 bits per heavy atom. The Hall–Kier alpha value is -4.87. The molecule has 0 amide bonds. The Kier molecular flexibility index (Phi) is 3.83. The van der Waals surface area contributed by atoms with Crippen LogP contribution in [0, 0.1) is 22.7 Å². The highest BCUT2D eigenvalue weighted by atomic mass is 15.3. The minimum Gasteiger partial charge on any atom is -0.309 e. The molecule has 0 radical (unpaired) electrons. The maximum absolute atomic E-state index is 9.48. The third-order valence-corrected chi connectivity index (χ3v) is 5.75. The number of hydrogen-bond acceptors (Lipinski definition) is 3. The molecule has 5 nitrogen and oxygen atoms in total. The van der Waals surface area contributed by atoms with Crippen molar-refractivity contribution in [2.24, 2.45) is 0 Å². The number of para-hydroxylation sites is 2. The predicted octanol–water partition coefficient (Wildman–Crippen LogP) is 5.87. The van der Waals surface area contributed by atoms with Gasteiger partial charge in [-0.25, -0.2) is 4.68 Å². The first-order valence-corrected chi connectivity index (χ1v) is 10.2. The molecule has 0 aliphatic carbocycles. The van der Waals surface area contributed by atoms with Crippen LogP contribution in [0.2, 0.25) is 0 Å².